The monoisotopic (exact) mass is 627 g/mol. The molecule has 5 aromatic rings. The molecule has 0 saturated carbocycles. The zero-order valence-corrected chi connectivity index (χ0v) is 26.3. The molecule has 11 nitrogen and oxygen atoms in total. The van der Waals surface area contributed by atoms with Crippen LogP contribution >= 0.6 is 24.4 Å². The second kappa shape index (κ2) is 14.5. The number of anilines is 1. The van der Waals surface area contributed by atoms with Gasteiger partial charge in [0.1, 0.15) is 11.5 Å². The molecule has 0 saturated heterocycles. The van der Waals surface area contributed by atoms with Crippen LogP contribution in [0.4, 0.5) is 5.69 Å². The van der Waals surface area contributed by atoms with Crippen LogP contribution in [0.3, 0.4) is 0 Å². The summed E-state index contributed by atoms with van der Waals surface area (Å²) in [6.45, 7) is 3.41. The maximum Gasteiger partial charge on any atom is 0.216 e. The zero-order valence-electron chi connectivity index (χ0n) is 24.7. The van der Waals surface area contributed by atoms with Crippen molar-refractivity contribution in [2.24, 2.45) is 10.2 Å². The smallest absolute Gasteiger partial charge is 0.216 e. The molecule has 0 aliphatic carbocycles. The Morgan fingerprint density at radius 1 is 0.705 bits per heavy atom. The normalized spacial score (nSPS) is 11.4. The van der Waals surface area contributed by atoms with Gasteiger partial charge < -0.3 is 14.4 Å². The van der Waals surface area contributed by atoms with E-state index in [2.05, 4.69) is 66.7 Å². The zero-order chi connectivity index (χ0) is 30.9. The highest BCUT2D eigenvalue weighted by molar-refractivity contribution is 7.71. The lowest BCUT2D eigenvalue weighted by Crippen LogP contribution is -2.29. The lowest BCUT2D eigenvalue weighted by atomic mass is 10.2. The Bertz CT molecular complexity index is 1720. The Hall–Kier alpha value is -4.88. The van der Waals surface area contributed by atoms with Crippen LogP contribution in [0.1, 0.15) is 28.3 Å². The van der Waals surface area contributed by atoms with Crippen molar-refractivity contribution in [1.82, 2.24) is 29.7 Å². The number of rotatable bonds is 13. The third-order valence-corrected chi connectivity index (χ3v) is 7.45. The highest BCUT2D eigenvalue weighted by Crippen LogP contribution is 2.17. The van der Waals surface area contributed by atoms with Gasteiger partial charge in [-0.15, -0.1) is 0 Å². The molecule has 0 aliphatic heterocycles. The molecule has 226 valence electrons. The Kier molecular flexibility index (Phi) is 10.1. The van der Waals surface area contributed by atoms with Crippen molar-refractivity contribution in [3.05, 3.63) is 111 Å². The molecular weight excluding hydrogens is 595 g/mol. The topological polar surface area (TPSA) is 114 Å². The average Bonchev–Trinajstić information content (AvgIpc) is 3.60. The predicted octanol–water partition coefficient (Wildman–Crippen LogP) is 5.58. The maximum atomic E-state index is 5.47. The van der Waals surface area contributed by atoms with E-state index in [1.165, 1.54) is 5.56 Å². The average molecular weight is 628 g/mol. The van der Waals surface area contributed by atoms with Crippen LogP contribution in [0.25, 0.3) is 0 Å². The SMILES string of the molecule is COc1ccc(C=Nn2c(CCN(CCc3n[nH]c(=S)n3N=Cc3ccc(OC)cc3)c3ccc(C)cc3)n[nH]c2=S)cc1. The van der Waals surface area contributed by atoms with E-state index in [0.29, 0.717) is 35.5 Å². The predicted molar refractivity (Wildman–Crippen MR) is 178 cm³/mol. The molecule has 2 aromatic heterocycles. The van der Waals surface area contributed by atoms with E-state index in [0.717, 1.165) is 40.0 Å². The number of benzene rings is 3. The fourth-order valence-corrected chi connectivity index (χ4v) is 4.83. The van der Waals surface area contributed by atoms with E-state index in [1.54, 1.807) is 36.0 Å². The van der Waals surface area contributed by atoms with Crippen LogP contribution in [0.15, 0.2) is 83.0 Å². The first-order valence-electron chi connectivity index (χ1n) is 13.9. The number of aryl methyl sites for hydroxylation is 1. The van der Waals surface area contributed by atoms with Crippen molar-refractivity contribution in [2.75, 3.05) is 32.2 Å². The summed E-state index contributed by atoms with van der Waals surface area (Å²) in [5, 5.41) is 23.9. The first-order chi connectivity index (χ1) is 21.4. The molecular formula is C31H33N9O2S2. The first kappa shape index (κ1) is 30.6. The number of H-pyrrole nitrogens is 2. The molecule has 0 fully saturated rings. The molecule has 2 N–H and O–H groups in total. The fourth-order valence-electron chi connectivity index (χ4n) is 4.43. The van der Waals surface area contributed by atoms with Gasteiger partial charge in [-0.2, -0.15) is 29.8 Å². The minimum absolute atomic E-state index is 0.428. The quantitative estimate of drug-likeness (QED) is 0.130. The highest BCUT2D eigenvalue weighted by atomic mass is 32.1. The molecule has 0 radical (unpaired) electrons. The summed E-state index contributed by atoms with van der Waals surface area (Å²) in [4.78, 5) is 2.28. The molecule has 0 unspecified atom stereocenters. The number of ether oxygens (including phenoxy) is 2. The summed E-state index contributed by atoms with van der Waals surface area (Å²) in [5.41, 5.74) is 4.12. The molecule has 13 heteroatoms. The summed E-state index contributed by atoms with van der Waals surface area (Å²) in [6.07, 6.45) is 4.70. The number of aromatic nitrogens is 6. The first-order valence-corrected chi connectivity index (χ1v) is 14.8. The van der Waals surface area contributed by atoms with Crippen molar-refractivity contribution in [3.8, 4) is 11.5 Å². The fraction of sp³-hybridized carbons (Fsp3) is 0.226. The van der Waals surface area contributed by atoms with E-state index >= 15 is 0 Å². The molecule has 3 aromatic carbocycles. The van der Waals surface area contributed by atoms with Crippen LogP contribution in [-0.4, -0.2) is 69.5 Å². The van der Waals surface area contributed by atoms with Crippen molar-refractivity contribution >= 4 is 42.6 Å². The van der Waals surface area contributed by atoms with Gasteiger partial charge in [0.25, 0.3) is 0 Å². The van der Waals surface area contributed by atoms with E-state index in [1.807, 2.05) is 48.5 Å². The van der Waals surface area contributed by atoms with Gasteiger partial charge in [0, 0.05) is 31.6 Å². The molecule has 2 heterocycles. The van der Waals surface area contributed by atoms with Crippen LogP contribution in [-0.2, 0) is 12.8 Å². The Morgan fingerprint density at radius 2 is 1.14 bits per heavy atom. The van der Waals surface area contributed by atoms with Gasteiger partial charge in [0.15, 0.2) is 11.6 Å². The summed E-state index contributed by atoms with van der Waals surface area (Å²) >= 11 is 10.9. The van der Waals surface area contributed by atoms with Crippen molar-refractivity contribution in [1.29, 1.82) is 0 Å². The lowest BCUT2D eigenvalue weighted by molar-refractivity contribution is 0.414. The molecule has 44 heavy (non-hydrogen) atoms. The summed E-state index contributed by atoms with van der Waals surface area (Å²) in [5.74, 6) is 3.02. The van der Waals surface area contributed by atoms with E-state index in [9.17, 15) is 0 Å². The van der Waals surface area contributed by atoms with E-state index < -0.39 is 0 Å². The number of hydrogen-bond acceptors (Lipinski definition) is 9. The lowest BCUT2D eigenvalue weighted by Gasteiger charge is -2.24. The van der Waals surface area contributed by atoms with Crippen molar-refractivity contribution in [3.63, 3.8) is 0 Å². The van der Waals surface area contributed by atoms with E-state index in [-0.39, 0.29) is 0 Å². The van der Waals surface area contributed by atoms with Gasteiger partial charge >= 0.3 is 0 Å². The van der Waals surface area contributed by atoms with Gasteiger partial charge in [0.05, 0.1) is 26.6 Å². The number of methoxy groups -OCH3 is 2. The minimum Gasteiger partial charge on any atom is -0.497 e. The maximum absolute atomic E-state index is 5.47. The Labute approximate surface area is 265 Å². The minimum atomic E-state index is 0.428. The third kappa shape index (κ3) is 7.74. The molecule has 0 atom stereocenters. The molecule has 0 spiro atoms. The third-order valence-electron chi connectivity index (χ3n) is 6.92. The Balaban J connectivity index is 1.31. The molecule has 5 rings (SSSR count). The Morgan fingerprint density at radius 3 is 1.55 bits per heavy atom. The van der Waals surface area contributed by atoms with Gasteiger partial charge in [-0.3, -0.25) is 10.2 Å². The van der Waals surface area contributed by atoms with Gasteiger partial charge in [-0.25, -0.2) is 0 Å². The summed E-state index contributed by atoms with van der Waals surface area (Å²) < 4.78 is 14.7. The van der Waals surface area contributed by atoms with Gasteiger partial charge in [0.2, 0.25) is 9.54 Å². The summed E-state index contributed by atoms with van der Waals surface area (Å²) in [7, 11) is 3.28. The number of aromatic amines is 2. The number of nitrogens with one attached hydrogen (secondary N) is 2. The number of hydrogen-bond donors (Lipinski definition) is 2. The van der Waals surface area contributed by atoms with Crippen LogP contribution in [0, 0.1) is 16.5 Å². The second-order valence-electron chi connectivity index (χ2n) is 9.87. The van der Waals surface area contributed by atoms with Crippen LogP contribution in [0.5, 0.6) is 11.5 Å². The van der Waals surface area contributed by atoms with Crippen molar-refractivity contribution < 1.29 is 9.47 Å². The second-order valence-corrected chi connectivity index (χ2v) is 10.6. The highest BCUT2D eigenvalue weighted by Gasteiger charge is 2.14. The van der Waals surface area contributed by atoms with Gasteiger partial charge in [-0.1, -0.05) is 17.7 Å². The van der Waals surface area contributed by atoms with Crippen LogP contribution in [0.2, 0.25) is 0 Å². The molecule has 0 aliphatic rings. The summed E-state index contributed by atoms with van der Waals surface area (Å²) in [6, 6.07) is 23.7. The van der Waals surface area contributed by atoms with Crippen molar-refractivity contribution in [2.45, 2.75) is 19.8 Å². The van der Waals surface area contributed by atoms with Gasteiger partial charge in [-0.05, 0) is 103 Å². The standard InChI is InChI=1S/C31H33N9O2S2/c1-22-4-10-25(11-5-22)38(18-16-28-34-36-30(43)39(28)32-20-23-6-12-26(41-2)13-7-23)19-17-29-35-37-31(44)40(29)33-21-24-8-14-27(42-3)15-9-24/h4-15,20-21H,16-19H2,1-3H3,(H,36,43)(H,37,44). The van der Waals surface area contributed by atoms with Crippen LogP contribution < -0.4 is 14.4 Å². The molecule has 0 amide bonds. The number of nitrogens with zero attached hydrogens (tertiary/aromatic N) is 7. The van der Waals surface area contributed by atoms with E-state index in [4.69, 9.17) is 33.9 Å². The largest absolute Gasteiger partial charge is 0.497 e. The molecule has 0 bridgehead atoms.